The van der Waals surface area contributed by atoms with E-state index in [9.17, 15) is 4.79 Å². The van der Waals surface area contributed by atoms with E-state index in [1.54, 1.807) is 13.1 Å². The Bertz CT molecular complexity index is 504. The lowest BCUT2D eigenvalue weighted by Crippen LogP contribution is -2.15. The molecule has 0 aromatic carbocycles. The van der Waals surface area contributed by atoms with Gasteiger partial charge in [-0.15, -0.1) is 0 Å². The highest BCUT2D eigenvalue weighted by Gasteiger charge is 2.26. The third-order valence-corrected chi connectivity index (χ3v) is 2.56. The van der Waals surface area contributed by atoms with Crippen LogP contribution in [0.2, 0.25) is 0 Å². The Morgan fingerprint density at radius 2 is 2.39 bits per heavy atom. The molecular weight excluding hydrogens is 234 g/mol. The molecule has 2 aromatic heterocycles. The average molecular weight is 249 g/mol. The maximum Gasteiger partial charge on any atom is 0.318 e. The second-order valence-corrected chi connectivity index (χ2v) is 3.75. The average Bonchev–Trinajstić information content (AvgIpc) is 3.00. The van der Waals surface area contributed by atoms with Crippen LogP contribution in [-0.2, 0) is 9.53 Å². The van der Waals surface area contributed by atoms with E-state index < -0.39 is 5.92 Å². The lowest BCUT2D eigenvalue weighted by molar-refractivity contribution is -0.145. The molecule has 0 bridgehead atoms. The Kier molecular flexibility index (Phi) is 3.76. The molecule has 0 amide bonds. The molecule has 0 fully saturated rings. The fourth-order valence-electron chi connectivity index (χ4n) is 1.64. The minimum Gasteiger partial charge on any atom is -0.465 e. The number of aromatic amines is 1. The van der Waals surface area contributed by atoms with Gasteiger partial charge in [-0.25, -0.2) is 0 Å². The van der Waals surface area contributed by atoms with E-state index in [1.807, 2.05) is 19.1 Å². The maximum absolute atomic E-state index is 11.7. The van der Waals surface area contributed by atoms with E-state index in [-0.39, 0.29) is 5.97 Å². The summed E-state index contributed by atoms with van der Waals surface area (Å²) in [5, 5.41) is 3.84. The van der Waals surface area contributed by atoms with Gasteiger partial charge in [0.1, 0.15) is 5.92 Å². The summed E-state index contributed by atoms with van der Waals surface area (Å²) in [7, 11) is 0. The summed E-state index contributed by atoms with van der Waals surface area (Å²) < 4.78 is 10.1. The summed E-state index contributed by atoms with van der Waals surface area (Å²) in [6.07, 6.45) is 2.33. The van der Waals surface area contributed by atoms with Gasteiger partial charge in [-0.2, -0.15) is 4.98 Å². The fraction of sp³-hybridized carbons (Fsp3) is 0.417. The molecular formula is C12H15N3O3. The SMILES string of the molecule is CCOC(=O)C(CC)c1nc(-c2ccc[nH]2)no1. The highest BCUT2D eigenvalue weighted by molar-refractivity contribution is 5.76. The van der Waals surface area contributed by atoms with Gasteiger partial charge in [0.05, 0.1) is 12.3 Å². The number of nitrogens with one attached hydrogen (secondary N) is 1. The summed E-state index contributed by atoms with van der Waals surface area (Å²) in [6, 6.07) is 3.67. The fourth-order valence-corrected chi connectivity index (χ4v) is 1.64. The van der Waals surface area contributed by atoms with Gasteiger partial charge in [0.25, 0.3) is 0 Å². The minimum absolute atomic E-state index is 0.292. The second-order valence-electron chi connectivity index (χ2n) is 3.75. The van der Waals surface area contributed by atoms with Crippen LogP contribution < -0.4 is 0 Å². The van der Waals surface area contributed by atoms with Crippen molar-refractivity contribution in [3.05, 3.63) is 24.2 Å². The van der Waals surface area contributed by atoms with Crippen molar-refractivity contribution in [2.45, 2.75) is 26.2 Å². The molecule has 0 radical (unpaired) electrons. The van der Waals surface area contributed by atoms with E-state index in [2.05, 4.69) is 15.1 Å². The molecule has 0 aliphatic rings. The van der Waals surface area contributed by atoms with Gasteiger partial charge < -0.3 is 14.2 Å². The van der Waals surface area contributed by atoms with Crippen LogP contribution >= 0.6 is 0 Å². The molecule has 1 atom stereocenters. The number of hydrogen-bond acceptors (Lipinski definition) is 5. The molecule has 0 aliphatic carbocycles. The Hall–Kier alpha value is -2.11. The maximum atomic E-state index is 11.7. The van der Waals surface area contributed by atoms with Crippen molar-refractivity contribution in [3.8, 4) is 11.5 Å². The van der Waals surface area contributed by atoms with Gasteiger partial charge in [-0.1, -0.05) is 12.1 Å². The number of hydrogen-bond donors (Lipinski definition) is 1. The molecule has 0 aliphatic heterocycles. The number of nitrogens with zero attached hydrogens (tertiary/aromatic N) is 2. The summed E-state index contributed by atoms with van der Waals surface area (Å²) in [5.74, 6) is -0.0962. The summed E-state index contributed by atoms with van der Waals surface area (Å²) in [5.41, 5.74) is 0.753. The van der Waals surface area contributed by atoms with Crippen LogP contribution in [-0.4, -0.2) is 27.7 Å². The summed E-state index contributed by atoms with van der Waals surface area (Å²) in [4.78, 5) is 18.9. The molecule has 0 spiro atoms. The van der Waals surface area contributed by atoms with Gasteiger partial charge >= 0.3 is 5.97 Å². The van der Waals surface area contributed by atoms with Crippen molar-refractivity contribution in [1.82, 2.24) is 15.1 Å². The zero-order valence-corrected chi connectivity index (χ0v) is 10.3. The quantitative estimate of drug-likeness (QED) is 0.821. The first-order chi connectivity index (χ1) is 8.76. The van der Waals surface area contributed by atoms with Gasteiger partial charge in [-0.05, 0) is 25.5 Å². The van der Waals surface area contributed by atoms with E-state index in [0.29, 0.717) is 24.7 Å². The molecule has 0 saturated carbocycles. The number of ether oxygens (including phenoxy) is 1. The lowest BCUT2D eigenvalue weighted by atomic mass is 10.1. The van der Waals surface area contributed by atoms with Gasteiger partial charge in [0, 0.05) is 6.20 Å². The largest absolute Gasteiger partial charge is 0.465 e. The van der Waals surface area contributed by atoms with Crippen molar-refractivity contribution < 1.29 is 14.1 Å². The van der Waals surface area contributed by atoms with Crippen molar-refractivity contribution in [2.24, 2.45) is 0 Å². The van der Waals surface area contributed by atoms with Crippen LogP contribution in [0.3, 0.4) is 0 Å². The number of carbonyl (C=O) groups is 1. The van der Waals surface area contributed by atoms with Gasteiger partial charge in [0.2, 0.25) is 11.7 Å². The Balaban J connectivity index is 2.20. The van der Waals surface area contributed by atoms with Crippen LogP contribution in [0.1, 0.15) is 32.1 Å². The molecule has 2 heterocycles. The van der Waals surface area contributed by atoms with E-state index in [1.165, 1.54) is 0 Å². The Labute approximate surface area is 104 Å². The highest BCUT2D eigenvalue weighted by atomic mass is 16.5. The van der Waals surface area contributed by atoms with Crippen molar-refractivity contribution in [2.75, 3.05) is 6.61 Å². The normalized spacial score (nSPS) is 12.3. The van der Waals surface area contributed by atoms with E-state index in [0.717, 1.165) is 5.69 Å². The molecule has 2 rings (SSSR count). The molecule has 6 nitrogen and oxygen atoms in total. The van der Waals surface area contributed by atoms with E-state index in [4.69, 9.17) is 9.26 Å². The molecule has 96 valence electrons. The Morgan fingerprint density at radius 3 is 3.00 bits per heavy atom. The molecule has 1 unspecified atom stereocenters. The van der Waals surface area contributed by atoms with Crippen molar-refractivity contribution in [1.29, 1.82) is 0 Å². The lowest BCUT2D eigenvalue weighted by Gasteiger charge is -2.08. The molecule has 6 heteroatoms. The third-order valence-electron chi connectivity index (χ3n) is 2.56. The number of aromatic nitrogens is 3. The van der Waals surface area contributed by atoms with Crippen molar-refractivity contribution >= 4 is 5.97 Å². The summed E-state index contributed by atoms with van der Waals surface area (Å²) in [6.45, 7) is 3.98. The molecule has 2 aromatic rings. The molecule has 1 N–H and O–H groups in total. The molecule has 0 saturated heterocycles. The molecule has 18 heavy (non-hydrogen) atoms. The zero-order chi connectivity index (χ0) is 13.0. The number of carbonyl (C=O) groups excluding carboxylic acids is 1. The van der Waals surface area contributed by atoms with Crippen LogP contribution in [0.4, 0.5) is 0 Å². The predicted molar refractivity (Wildman–Crippen MR) is 63.7 cm³/mol. The topological polar surface area (TPSA) is 81.0 Å². The van der Waals surface area contributed by atoms with Crippen LogP contribution in [0.5, 0.6) is 0 Å². The first-order valence-corrected chi connectivity index (χ1v) is 5.90. The van der Waals surface area contributed by atoms with Crippen LogP contribution in [0.15, 0.2) is 22.9 Å². The number of rotatable bonds is 5. The smallest absolute Gasteiger partial charge is 0.318 e. The minimum atomic E-state index is -0.499. The van der Waals surface area contributed by atoms with Crippen LogP contribution in [0, 0.1) is 0 Å². The summed E-state index contributed by atoms with van der Waals surface area (Å²) >= 11 is 0. The van der Waals surface area contributed by atoms with Gasteiger partial charge in [0.15, 0.2) is 0 Å². The predicted octanol–water partition coefficient (Wildman–Crippen LogP) is 2.12. The highest BCUT2D eigenvalue weighted by Crippen LogP contribution is 2.22. The number of esters is 1. The number of H-pyrrole nitrogens is 1. The van der Waals surface area contributed by atoms with Gasteiger partial charge in [-0.3, -0.25) is 4.79 Å². The Morgan fingerprint density at radius 1 is 1.56 bits per heavy atom. The zero-order valence-electron chi connectivity index (χ0n) is 10.3. The third kappa shape index (κ3) is 2.42. The first kappa shape index (κ1) is 12.3. The van der Waals surface area contributed by atoms with E-state index >= 15 is 0 Å². The van der Waals surface area contributed by atoms with Crippen LogP contribution in [0.25, 0.3) is 11.5 Å². The first-order valence-electron chi connectivity index (χ1n) is 5.90. The second kappa shape index (κ2) is 5.48. The monoisotopic (exact) mass is 249 g/mol. The standard InChI is InChI=1S/C12H15N3O3/c1-3-8(12(16)17-4-2)11-14-10(15-18-11)9-6-5-7-13-9/h5-8,13H,3-4H2,1-2H3. The van der Waals surface area contributed by atoms with Crippen molar-refractivity contribution in [3.63, 3.8) is 0 Å².